The number of rotatable bonds is 3. The van der Waals surface area contributed by atoms with Gasteiger partial charge in [-0.15, -0.1) is 0 Å². The maximum Gasteiger partial charge on any atom is 0.400 e. The van der Waals surface area contributed by atoms with Gasteiger partial charge in [-0.2, -0.15) is 13.2 Å². The first-order valence-electron chi connectivity index (χ1n) is 4.88. The zero-order valence-electron chi connectivity index (χ0n) is 9.71. The van der Waals surface area contributed by atoms with Crippen molar-refractivity contribution in [3.8, 4) is 0 Å². The Morgan fingerprint density at radius 3 is 2.50 bits per heavy atom. The SMILES string of the molecule is COC(=O)c1ccc(C)c([S@@](=O)CC(F)(F)F)c1. The summed E-state index contributed by atoms with van der Waals surface area (Å²) < 4.78 is 52.5. The third-order valence-corrected chi connectivity index (χ3v) is 3.67. The number of hydrogen-bond acceptors (Lipinski definition) is 3. The second-order valence-electron chi connectivity index (χ2n) is 3.58. The molecule has 0 saturated carbocycles. The minimum atomic E-state index is -4.52. The summed E-state index contributed by atoms with van der Waals surface area (Å²) in [7, 11) is -1.06. The lowest BCUT2D eigenvalue weighted by Crippen LogP contribution is -2.19. The molecule has 0 aliphatic heterocycles. The van der Waals surface area contributed by atoms with E-state index in [0.29, 0.717) is 5.56 Å². The van der Waals surface area contributed by atoms with E-state index in [4.69, 9.17) is 0 Å². The molecular weight excluding hydrogens is 269 g/mol. The van der Waals surface area contributed by atoms with Crippen LogP contribution in [0.3, 0.4) is 0 Å². The highest BCUT2D eigenvalue weighted by Crippen LogP contribution is 2.22. The van der Waals surface area contributed by atoms with E-state index in [-0.39, 0.29) is 10.5 Å². The number of esters is 1. The van der Waals surface area contributed by atoms with Crippen molar-refractivity contribution < 1.29 is 26.9 Å². The zero-order valence-corrected chi connectivity index (χ0v) is 10.5. The number of carbonyl (C=O) groups excluding carboxylic acids is 1. The van der Waals surface area contributed by atoms with Crippen LogP contribution in [0.2, 0.25) is 0 Å². The molecule has 0 radical (unpaired) electrons. The van der Waals surface area contributed by atoms with Crippen LogP contribution < -0.4 is 0 Å². The summed E-state index contributed by atoms with van der Waals surface area (Å²) in [6.45, 7) is 1.53. The molecule has 1 rings (SSSR count). The van der Waals surface area contributed by atoms with E-state index in [1.807, 2.05) is 0 Å². The highest BCUT2D eigenvalue weighted by Gasteiger charge is 2.31. The van der Waals surface area contributed by atoms with Crippen molar-refractivity contribution >= 4 is 16.8 Å². The Kier molecular flexibility index (Phi) is 4.50. The van der Waals surface area contributed by atoms with Crippen molar-refractivity contribution in [3.63, 3.8) is 0 Å². The molecule has 0 aliphatic rings. The summed E-state index contributed by atoms with van der Waals surface area (Å²) in [6.07, 6.45) is -4.52. The van der Waals surface area contributed by atoms with E-state index >= 15 is 0 Å². The number of benzene rings is 1. The average Bonchev–Trinajstić information content (AvgIpc) is 2.26. The van der Waals surface area contributed by atoms with Gasteiger partial charge < -0.3 is 4.74 Å². The fourth-order valence-corrected chi connectivity index (χ4v) is 2.45. The molecule has 1 atom stereocenters. The van der Waals surface area contributed by atoms with Crippen molar-refractivity contribution in [1.82, 2.24) is 0 Å². The molecule has 0 amide bonds. The third-order valence-electron chi connectivity index (χ3n) is 2.15. The van der Waals surface area contributed by atoms with Crippen molar-refractivity contribution in [2.24, 2.45) is 0 Å². The summed E-state index contributed by atoms with van der Waals surface area (Å²) in [6, 6.07) is 4.02. The van der Waals surface area contributed by atoms with E-state index in [2.05, 4.69) is 4.74 Å². The molecule has 7 heteroatoms. The Bertz CT molecular complexity index is 483. The number of aryl methyl sites for hydroxylation is 1. The number of alkyl halides is 3. The summed E-state index contributed by atoms with van der Waals surface area (Å²) in [5, 5.41) is 0. The molecule has 0 aliphatic carbocycles. The van der Waals surface area contributed by atoms with Crippen LogP contribution in [0.15, 0.2) is 23.1 Å². The largest absolute Gasteiger partial charge is 0.465 e. The molecule has 0 heterocycles. The van der Waals surface area contributed by atoms with Crippen molar-refractivity contribution in [2.75, 3.05) is 12.9 Å². The molecule has 18 heavy (non-hydrogen) atoms. The Hall–Kier alpha value is -1.37. The maximum atomic E-state index is 12.2. The van der Waals surface area contributed by atoms with Crippen LogP contribution in [0.1, 0.15) is 15.9 Å². The number of ether oxygens (including phenoxy) is 1. The quantitative estimate of drug-likeness (QED) is 0.799. The molecule has 1 aromatic rings. The second-order valence-corrected chi connectivity index (χ2v) is 5.00. The van der Waals surface area contributed by atoms with E-state index in [1.54, 1.807) is 0 Å². The number of halogens is 3. The van der Waals surface area contributed by atoms with Gasteiger partial charge in [0.1, 0.15) is 5.75 Å². The van der Waals surface area contributed by atoms with Gasteiger partial charge in [0, 0.05) is 4.90 Å². The lowest BCUT2D eigenvalue weighted by Gasteiger charge is -2.10. The van der Waals surface area contributed by atoms with Crippen molar-refractivity contribution in [2.45, 2.75) is 18.0 Å². The molecule has 0 saturated heterocycles. The van der Waals surface area contributed by atoms with E-state index in [0.717, 1.165) is 7.11 Å². The molecule has 3 nitrogen and oxygen atoms in total. The predicted molar refractivity (Wildman–Crippen MR) is 59.8 cm³/mol. The minimum Gasteiger partial charge on any atom is -0.465 e. The Morgan fingerprint density at radius 1 is 1.39 bits per heavy atom. The molecule has 0 aromatic heterocycles. The van der Waals surface area contributed by atoms with Gasteiger partial charge >= 0.3 is 12.1 Å². The predicted octanol–water partition coefficient (Wildman–Crippen LogP) is 2.45. The Labute approximate surface area is 104 Å². The summed E-state index contributed by atoms with van der Waals surface area (Å²) in [5.41, 5.74) is 0.513. The highest BCUT2D eigenvalue weighted by molar-refractivity contribution is 7.85. The van der Waals surface area contributed by atoms with Gasteiger partial charge in [0.05, 0.1) is 23.5 Å². The van der Waals surface area contributed by atoms with Gasteiger partial charge in [0.25, 0.3) is 0 Å². The second kappa shape index (κ2) is 5.51. The Morgan fingerprint density at radius 2 is 2.00 bits per heavy atom. The van der Waals surface area contributed by atoms with Gasteiger partial charge in [-0.25, -0.2) is 4.79 Å². The summed E-state index contributed by atoms with van der Waals surface area (Å²) >= 11 is 0. The summed E-state index contributed by atoms with van der Waals surface area (Å²) in [4.78, 5) is 11.2. The fraction of sp³-hybridized carbons (Fsp3) is 0.364. The molecule has 1 aromatic carbocycles. The van der Waals surface area contributed by atoms with Crippen LogP contribution in [0.4, 0.5) is 13.2 Å². The van der Waals surface area contributed by atoms with Crippen LogP contribution in [-0.4, -0.2) is 29.2 Å². The van der Waals surface area contributed by atoms with E-state index < -0.39 is 28.7 Å². The fourth-order valence-electron chi connectivity index (χ4n) is 1.32. The topological polar surface area (TPSA) is 43.4 Å². The van der Waals surface area contributed by atoms with Gasteiger partial charge in [0.15, 0.2) is 0 Å². The lowest BCUT2D eigenvalue weighted by atomic mass is 10.1. The van der Waals surface area contributed by atoms with Gasteiger partial charge in [-0.1, -0.05) is 6.07 Å². The monoisotopic (exact) mass is 280 g/mol. The first kappa shape index (κ1) is 14.7. The third kappa shape index (κ3) is 3.83. The molecule has 100 valence electrons. The first-order valence-corrected chi connectivity index (χ1v) is 6.20. The van der Waals surface area contributed by atoms with Gasteiger partial charge in [0.2, 0.25) is 0 Å². The molecule has 0 bridgehead atoms. The van der Waals surface area contributed by atoms with Crippen LogP contribution in [0.5, 0.6) is 0 Å². The van der Waals surface area contributed by atoms with Crippen molar-refractivity contribution in [1.29, 1.82) is 0 Å². The zero-order chi connectivity index (χ0) is 13.9. The van der Waals surface area contributed by atoms with Crippen molar-refractivity contribution in [3.05, 3.63) is 29.3 Å². The highest BCUT2D eigenvalue weighted by atomic mass is 32.2. The molecule has 0 fully saturated rings. The maximum absolute atomic E-state index is 12.2. The number of hydrogen-bond donors (Lipinski definition) is 0. The van der Waals surface area contributed by atoms with E-state index in [1.165, 1.54) is 25.1 Å². The van der Waals surface area contributed by atoms with Crippen LogP contribution in [0, 0.1) is 6.92 Å². The minimum absolute atomic E-state index is 0.00442. The Balaban J connectivity index is 3.08. The number of carbonyl (C=O) groups is 1. The normalized spacial score (nSPS) is 13.2. The van der Waals surface area contributed by atoms with Crippen LogP contribution in [-0.2, 0) is 15.5 Å². The molecule has 0 unspecified atom stereocenters. The van der Waals surface area contributed by atoms with E-state index in [9.17, 15) is 22.2 Å². The van der Waals surface area contributed by atoms with Gasteiger partial charge in [-0.05, 0) is 24.6 Å². The van der Waals surface area contributed by atoms with Gasteiger partial charge in [-0.3, -0.25) is 4.21 Å². The molecular formula is C11H11F3O3S. The van der Waals surface area contributed by atoms with Crippen LogP contribution >= 0.6 is 0 Å². The summed E-state index contributed by atoms with van der Waals surface area (Å²) in [5.74, 6) is -2.11. The molecule has 0 N–H and O–H groups in total. The first-order chi connectivity index (χ1) is 8.24. The number of methoxy groups -OCH3 is 1. The average molecular weight is 280 g/mol. The standard InChI is InChI=1S/C11H11F3O3S/c1-7-3-4-8(10(15)17-2)5-9(7)18(16)6-11(12,13)14/h3-5H,6H2,1-2H3/t18-/m0/s1. The molecule has 0 spiro atoms. The lowest BCUT2D eigenvalue weighted by molar-refractivity contribution is -0.105. The van der Waals surface area contributed by atoms with Crippen LogP contribution in [0.25, 0.3) is 0 Å². The smallest absolute Gasteiger partial charge is 0.400 e.